The first kappa shape index (κ1) is 32.2. The van der Waals surface area contributed by atoms with Gasteiger partial charge in [0.15, 0.2) is 0 Å². The molecule has 1 aliphatic rings. The Balaban J connectivity index is 2.29. The zero-order valence-corrected chi connectivity index (χ0v) is 23.9. The van der Waals surface area contributed by atoms with Crippen molar-refractivity contribution in [3.05, 3.63) is 43.0 Å². The molecule has 17 heteroatoms. The molecular formula is C22H36N7O9P. The van der Waals surface area contributed by atoms with Crippen LogP contribution in [0.25, 0.3) is 10.4 Å². The fourth-order valence-corrected chi connectivity index (χ4v) is 6.03. The lowest BCUT2D eigenvalue weighted by atomic mass is 10.1. The summed E-state index contributed by atoms with van der Waals surface area (Å²) in [5.74, 6) is -2.03. The fraction of sp³-hybridized carbons (Fsp3) is 0.727. The zero-order valence-electron chi connectivity index (χ0n) is 23.0. The maximum atomic E-state index is 14.0. The van der Waals surface area contributed by atoms with E-state index in [1.165, 1.54) is 27.3 Å². The van der Waals surface area contributed by atoms with Gasteiger partial charge in [-0.05, 0) is 36.8 Å². The van der Waals surface area contributed by atoms with Gasteiger partial charge in [-0.1, -0.05) is 32.4 Å². The van der Waals surface area contributed by atoms with Crippen LogP contribution < -0.4 is 21.4 Å². The number of carbonyl (C=O) groups is 2. The molecule has 0 spiro atoms. The Hall–Kier alpha value is -3.00. The van der Waals surface area contributed by atoms with Crippen molar-refractivity contribution in [1.29, 1.82) is 0 Å². The van der Waals surface area contributed by atoms with E-state index in [0.717, 1.165) is 4.57 Å². The van der Waals surface area contributed by atoms with Gasteiger partial charge in [-0.2, -0.15) is 4.91 Å². The fourth-order valence-electron chi connectivity index (χ4n) is 3.89. The number of methoxy groups -OCH3 is 2. The quantitative estimate of drug-likeness (QED) is 0.114. The molecule has 1 aromatic rings. The number of hydrogen-bond acceptors (Lipinski definition) is 10. The molecular weight excluding hydrogens is 537 g/mol. The molecule has 2 heterocycles. The molecule has 2 N–H and O–H groups in total. The molecule has 218 valence electrons. The molecule has 0 bridgehead atoms. The predicted molar refractivity (Wildman–Crippen MR) is 139 cm³/mol. The number of hydrogen-bond donors (Lipinski definition) is 2. The Labute approximate surface area is 225 Å². The summed E-state index contributed by atoms with van der Waals surface area (Å²) in [6.45, 7) is 8.11. The SMILES string of the molecule is COC(=O)C(NP(=O)(NC(C(=O)OC)C(C)C)OC[C@@H]1CC[C@H](n2cc(C)c(=O)n(N=[N+]=[N-])c2=O)O1)C(C)C. The summed E-state index contributed by atoms with van der Waals surface area (Å²) in [6, 6.07) is -2.06. The predicted octanol–water partition coefficient (Wildman–Crippen LogP) is 1.77. The molecule has 4 atom stereocenters. The molecule has 0 aromatic carbocycles. The first-order valence-electron chi connectivity index (χ1n) is 12.3. The second-order valence-electron chi connectivity index (χ2n) is 9.68. The van der Waals surface area contributed by atoms with Crippen LogP contribution in [0, 0.1) is 18.8 Å². The molecule has 16 nitrogen and oxygen atoms in total. The molecule has 39 heavy (non-hydrogen) atoms. The maximum Gasteiger partial charge on any atom is 0.428 e. The molecule has 0 amide bonds. The van der Waals surface area contributed by atoms with Crippen molar-refractivity contribution in [2.45, 2.75) is 71.9 Å². The number of nitrogens with one attached hydrogen (secondary N) is 2. The Morgan fingerprint density at radius 3 is 2.13 bits per heavy atom. The lowest BCUT2D eigenvalue weighted by molar-refractivity contribution is -0.144. The second kappa shape index (κ2) is 13.9. The minimum absolute atomic E-state index is 0.160. The van der Waals surface area contributed by atoms with E-state index in [-0.39, 0.29) is 24.0 Å². The van der Waals surface area contributed by atoms with Crippen LogP contribution in [-0.2, 0) is 32.9 Å². The average Bonchev–Trinajstić information content (AvgIpc) is 3.37. The smallest absolute Gasteiger partial charge is 0.428 e. The number of azide groups is 1. The van der Waals surface area contributed by atoms with Crippen molar-refractivity contribution in [2.24, 2.45) is 17.1 Å². The van der Waals surface area contributed by atoms with E-state index in [9.17, 15) is 23.7 Å². The van der Waals surface area contributed by atoms with Crippen LogP contribution in [0.4, 0.5) is 0 Å². The molecule has 2 unspecified atom stereocenters. The number of nitrogens with zero attached hydrogens (tertiary/aromatic N) is 5. The molecule has 1 aliphatic heterocycles. The van der Waals surface area contributed by atoms with Gasteiger partial charge in [0.1, 0.15) is 18.3 Å². The Morgan fingerprint density at radius 2 is 1.67 bits per heavy atom. The van der Waals surface area contributed by atoms with Crippen molar-refractivity contribution in [1.82, 2.24) is 19.4 Å². The summed E-state index contributed by atoms with van der Waals surface area (Å²) in [5.41, 5.74) is 7.24. The van der Waals surface area contributed by atoms with E-state index in [1.807, 2.05) is 0 Å². The molecule has 0 saturated carbocycles. The van der Waals surface area contributed by atoms with E-state index in [1.54, 1.807) is 27.7 Å². The maximum absolute atomic E-state index is 14.0. The molecule has 0 radical (unpaired) electrons. The number of aromatic nitrogens is 2. The van der Waals surface area contributed by atoms with Crippen molar-refractivity contribution < 1.29 is 32.9 Å². The van der Waals surface area contributed by atoms with Crippen LogP contribution in [0.15, 0.2) is 21.0 Å². The minimum atomic E-state index is -4.11. The third-order valence-corrected chi connectivity index (χ3v) is 7.84. The summed E-state index contributed by atoms with van der Waals surface area (Å²) < 4.78 is 36.9. The molecule has 2 rings (SSSR count). The minimum Gasteiger partial charge on any atom is -0.468 e. The number of ether oxygens (including phenoxy) is 3. The van der Waals surface area contributed by atoms with Gasteiger partial charge in [0, 0.05) is 6.20 Å². The molecule has 1 aromatic heterocycles. The highest BCUT2D eigenvalue weighted by atomic mass is 31.2. The van der Waals surface area contributed by atoms with Gasteiger partial charge in [-0.3, -0.25) is 18.7 Å². The number of aryl methyl sites for hydroxylation is 1. The van der Waals surface area contributed by atoms with Crippen molar-refractivity contribution in [2.75, 3.05) is 20.8 Å². The average molecular weight is 574 g/mol. The van der Waals surface area contributed by atoms with Gasteiger partial charge in [-0.25, -0.2) is 19.8 Å². The Kier molecular flexibility index (Phi) is 11.5. The highest BCUT2D eigenvalue weighted by molar-refractivity contribution is 7.54. The highest BCUT2D eigenvalue weighted by Gasteiger charge is 2.39. The number of rotatable bonds is 13. The Morgan fingerprint density at radius 1 is 1.13 bits per heavy atom. The lowest BCUT2D eigenvalue weighted by Gasteiger charge is -2.31. The lowest BCUT2D eigenvalue weighted by Crippen LogP contribution is -2.48. The van der Waals surface area contributed by atoms with Gasteiger partial charge in [0.2, 0.25) is 0 Å². The van der Waals surface area contributed by atoms with Gasteiger partial charge < -0.3 is 18.7 Å². The van der Waals surface area contributed by atoms with Crippen molar-refractivity contribution in [3.8, 4) is 0 Å². The Bertz CT molecular complexity index is 1220. The normalized spacial score (nSPS) is 20.2. The molecule has 1 saturated heterocycles. The summed E-state index contributed by atoms with van der Waals surface area (Å²) >= 11 is 0. The van der Waals surface area contributed by atoms with Crippen LogP contribution in [0.5, 0.6) is 0 Å². The highest BCUT2D eigenvalue weighted by Crippen LogP contribution is 2.42. The van der Waals surface area contributed by atoms with Crippen LogP contribution >= 0.6 is 7.67 Å². The van der Waals surface area contributed by atoms with E-state index in [0.29, 0.717) is 17.5 Å². The van der Waals surface area contributed by atoms with Gasteiger partial charge in [0.25, 0.3) is 0 Å². The first-order chi connectivity index (χ1) is 18.3. The molecule has 1 fully saturated rings. The monoisotopic (exact) mass is 573 g/mol. The van der Waals surface area contributed by atoms with Crippen LogP contribution in [0.3, 0.4) is 0 Å². The number of esters is 2. The second-order valence-corrected chi connectivity index (χ2v) is 11.6. The van der Waals surface area contributed by atoms with Crippen molar-refractivity contribution in [3.63, 3.8) is 0 Å². The van der Waals surface area contributed by atoms with Crippen molar-refractivity contribution >= 4 is 19.6 Å². The zero-order chi connectivity index (χ0) is 29.5. The third-order valence-electron chi connectivity index (χ3n) is 6.09. The largest absolute Gasteiger partial charge is 0.468 e. The van der Waals surface area contributed by atoms with Gasteiger partial charge in [0.05, 0.1) is 32.5 Å². The molecule has 0 aliphatic carbocycles. The summed E-state index contributed by atoms with van der Waals surface area (Å²) in [6.07, 6.45) is 0.559. The third kappa shape index (κ3) is 8.01. The van der Waals surface area contributed by atoms with E-state index >= 15 is 0 Å². The summed E-state index contributed by atoms with van der Waals surface area (Å²) in [4.78, 5) is 52.1. The van der Waals surface area contributed by atoms with Crippen LogP contribution in [0.2, 0.25) is 0 Å². The first-order valence-corrected chi connectivity index (χ1v) is 13.9. The van der Waals surface area contributed by atoms with E-state index in [2.05, 4.69) is 20.3 Å². The van der Waals surface area contributed by atoms with Crippen LogP contribution in [-0.4, -0.2) is 60.2 Å². The summed E-state index contributed by atoms with van der Waals surface area (Å²) in [7, 11) is -1.71. The topological polar surface area (TPSA) is 205 Å². The standard InChI is InChI=1S/C22H36N7O9P/c1-12(2)17(20(31)35-6)24-39(34,25-18(13(3)4)21(32)36-7)37-11-15-8-9-16(38-15)28-10-14(5)19(30)29(22(28)33)27-26-23/h10,12-13,15-18H,8-9,11H2,1-7H3,(H2,24,25,34)/t15-,16+,17?,18?,39?/m0/s1. The van der Waals surface area contributed by atoms with Crippen LogP contribution in [0.1, 0.15) is 52.3 Å². The van der Waals surface area contributed by atoms with Gasteiger partial charge in [-0.15, -0.1) is 5.53 Å². The van der Waals surface area contributed by atoms with E-state index in [4.69, 9.17) is 24.3 Å². The van der Waals surface area contributed by atoms with Gasteiger partial charge >= 0.3 is 30.9 Å². The number of carbonyl (C=O) groups excluding carboxylic acids is 2. The van der Waals surface area contributed by atoms with E-state index < -0.39 is 55.3 Å². The summed E-state index contributed by atoms with van der Waals surface area (Å²) in [5, 5.41) is 8.56.